The van der Waals surface area contributed by atoms with Crippen molar-refractivity contribution in [2.45, 2.75) is 12.3 Å². The first kappa shape index (κ1) is 22.1. The number of hydrogen-bond acceptors (Lipinski definition) is 5. The number of amides is 1. The molecule has 5 rings (SSSR count). The van der Waals surface area contributed by atoms with Crippen LogP contribution < -0.4 is 14.8 Å². The lowest BCUT2D eigenvalue weighted by Crippen LogP contribution is -2.41. The molecule has 0 spiro atoms. The Labute approximate surface area is 197 Å². The molecular weight excluding hydrogens is 442 g/mol. The average Bonchev–Trinajstić information content (AvgIpc) is 3.25. The molecule has 2 aliphatic rings. The number of carbonyl (C=O) groups is 1. The molecule has 0 radical (unpaired) electrons. The number of nitrogens with one attached hydrogen (secondary N) is 2. The number of aromatic amines is 1. The Morgan fingerprint density at radius 2 is 1.88 bits per heavy atom. The van der Waals surface area contributed by atoms with Crippen LogP contribution in [0.4, 0.5) is 0 Å². The van der Waals surface area contributed by atoms with E-state index in [9.17, 15) is 4.79 Å². The summed E-state index contributed by atoms with van der Waals surface area (Å²) in [6.07, 6.45) is 2.30. The summed E-state index contributed by atoms with van der Waals surface area (Å²) in [7, 11) is 0. The number of halogens is 1. The van der Waals surface area contributed by atoms with E-state index < -0.39 is 0 Å². The van der Waals surface area contributed by atoms with Gasteiger partial charge in [0.1, 0.15) is 13.2 Å². The predicted molar refractivity (Wildman–Crippen MR) is 127 cm³/mol. The highest BCUT2D eigenvalue weighted by Crippen LogP contribution is 2.39. The van der Waals surface area contributed by atoms with E-state index in [1.807, 2.05) is 42.6 Å². The van der Waals surface area contributed by atoms with Gasteiger partial charge in [-0.3, -0.25) is 9.69 Å². The molecule has 33 heavy (non-hydrogen) atoms. The SMILES string of the molecule is O=C(C[C@@H](c1ccc2c(c1)OCCO2)c1c[nH]c2ccc(Cl)cc12)NCCN1CCOCC1. The normalized spacial score (nSPS) is 17.1. The number of fused-ring (bicyclic) bond motifs is 2. The van der Waals surface area contributed by atoms with Gasteiger partial charge in [0.15, 0.2) is 11.5 Å². The molecule has 0 aliphatic carbocycles. The standard InChI is InChI=1S/C25H28ClN3O4/c26-18-2-3-22-20(14-18)21(16-28-22)19(17-1-4-23-24(13-17)33-12-11-32-23)15-25(30)27-5-6-29-7-9-31-10-8-29/h1-4,13-14,16,19,28H,5-12,15H2,(H,27,30)/t19-/m0/s1. The minimum Gasteiger partial charge on any atom is -0.486 e. The van der Waals surface area contributed by atoms with Crippen LogP contribution in [0.3, 0.4) is 0 Å². The number of morpholine rings is 1. The molecule has 8 heteroatoms. The molecule has 0 unspecified atom stereocenters. The van der Waals surface area contributed by atoms with Crippen molar-refractivity contribution in [2.24, 2.45) is 0 Å². The van der Waals surface area contributed by atoms with E-state index in [0.29, 0.717) is 37.0 Å². The molecule has 2 aliphatic heterocycles. The van der Waals surface area contributed by atoms with Crippen LogP contribution in [0.15, 0.2) is 42.6 Å². The first-order valence-electron chi connectivity index (χ1n) is 11.4. The number of carbonyl (C=O) groups excluding carboxylic acids is 1. The minimum atomic E-state index is -0.156. The van der Waals surface area contributed by atoms with Gasteiger partial charge in [0.2, 0.25) is 5.91 Å². The second-order valence-electron chi connectivity index (χ2n) is 8.40. The summed E-state index contributed by atoms with van der Waals surface area (Å²) in [5.41, 5.74) is 3.03. The number of H-pyrrole nitrogens is 1. The van der Waals surface area contributed by atoms with Crippen molar-refractivity contribution in [2.75, 3.05) is 52.6 Å². The molecule has 2 N–H and O–H groups in total. The largest absolute Gasteiger partial charge is 0.486 e. The molecule has 0 saturated carbocycles. The van der Waals surface area contributed by atoms with E-state index in [-0.39, 0.29) is 11.8 Å². The molecule has 7 nitrogen and oxygen atoms in total. The molecular formula is C25H28ClN3O4. The van der Waals surface area contributed by atoms with Gasteiger partial charge in [0, 0.05) is 60.6 Å². The lowest BCUT2D eigenvalue weighted by Gasteiger charge is -2.26. The Balaban J connectivity index is 1.38. The van der Waals surface area contributed by atoms with Crippen molar-refractivity contribution in [3.63, 3.8) is 0 Å². The molecule has 3 aromatic rings. The lowest BCUT2D eigenvalue weighted by atomic mass is 9.87. The number of rotatable bonds is 7. The van der Waals surface area contributed by atoms with E-state index in [2.05, 4.69) is 15.2 Å². The summed E-state index contributed by atoms with van der Waals surface area (Å²) in [5.74, 6) is 1.31. The van der Waals surface area contributed by atoms with Crippen molar-refractivity contribution in [1.29, 1.82) is 0 Å². The van der Waals surface area contributed by atoms with Gasteiger partial charge in [-0.05, 0) is 41.5 Å². The number of hydrogen-bond donors (Lipinski definition) is 2. The Kier molecular flexibility index (Phi) is 6.71. The van der Waals surface area contributed by atoms with Crippen molar-refractivity contribution in [3.8, 4) is 11.5 Å². The van der Waals surface area contributed by atoms with Gasteiger partial charge >= 0.3 is 0 Å². The van der Waals surface area contributed by atoms with Gasteiger partial charge in [-0.1, -0.05) is 17.7 Å². The third-order valence-electron chi connectivity index (χ3n) is 6.26. The van der Waals surface area contributed by atoms with E-state index in [1.165, 1.54) is 0 Å². The van der Waals surface area contributed by atoms with Crippen LogP contribution in [-0.2, 0) is 9.53 Å². The summed E-state index contributed by atoms with van der Waals surface area (Å²) >= 11 is 6.30. The van der Waals surface area contributed by atoms with Crippen LogP contribution in [0.25, 0.3) is 10.9 Å². The molecule has 0 bridgehead atoms. The highest BCUT2D eigenvalue weighted by molar-refractivity contribution is 6.31. The topological polar surface area (TPSA) is 75.8 Å². The van der Waals surface area contributed by atoms with E-state index in [1.54, 1.807) is 0 Å². The van der Waals surface area contributed by atoms with Crippen LogP contribution in [-0.4, -0.2) is 68.4 Å². The van der Waals surface area contributed by atoms with Gasteiger partial charge in [-0.15, -0.1) is 0 Å². The summed E-state index contributed by atoms with van der Waals surface area (Å²) < 4.78 is 16.9. The Morgan fingerprint density at radius 1 is 1.06 bits per heavy atom. The van der Waals surface area contributed by atoms with Gasteiger partial charge < -0.3 is 24.5 Å². The zero-order valence-electron chi connectivity index (χ0n) is 18.4. The fourth-order valence-electron chi connectivity index (χ4n) is 4.52. The van der Waals surface area contributed by atoms with Crippen LogP contribution >= 0.6 is 11.6 Å². The molecule has 1 atom stereocenters. The third-order valence-corrected chi connectivity index (χ3v) is 6.50. The molecule has 1 aromatic heterocycles. The van der Waals surface area contributed by atoms with Crippen molar-refractivity contribution >= 4 is 28.4 Å². The monoisotopic (exact) mass is 469 g/mol. The zero-order valence-corrected chi connectivity index (χ0v) is 19.2. The van der Waals surface area contributed by atoms with Gasteiger partial charge in [0.25, 0.3) is 0 Å². The summed E-state index contributed by atoms with van der Waals surface area (Å²) in [6, 6.07) is 11.7. The van der Waals surface area contributed by atoms with Crippen molar-refractivity contribution in [3.05, 3.63) is 58.7 Å². The predicted octanol–water partition coefficient (Wildman–Crippen LogP) is 3.56. The van der Waals surface area contributed by atoms with Crippen molar-refractivity contribution < 1.29 is 19.0 Å². The summed E-state index contributed by atoms with van der Waals surface area (Å²) in [6.45, 7) is 5.83. The maximum absolute atomic E-state index is 13.0. The smallest absolute Gasteiger partial charge is 0.220 e. The van der Waals surface area contributed by atoms with Crippen LogP contribution in [0.2, 0.25) is 5.02 Å². The van der Waals surface area contributed by atoms with E-state index >= 15 is 0 Å². The molecule has 1 amide bonds. The lowest BCUT2D eigenvalue weighted by molar-refractivity contribution is -0.121. The second-order valence-corrected chi connectivity index (χ2v) is 8.83. The fraction of sp³-hybridized carbons (Fsp3) is 0.400. The second kappa shape index (κ2) is 10.0. The Hall–Kier alpha value is -2.74. The van der Waals surface area contributed by atoms with E-state index in [0.717, 1.165) is 60.6 Å². The Bertz CT molecular complexity index is 1130. The molecule has 174 valence electrons. The maximum Gasteiger partial charge on any atom is 0.220 e. The molecule has 3 heterocycles. The average molecular weight is 470 g/mol. The summed E-state index contributed by atoms with van der Waals surface area (Å²) in [5, 5.41) is 4.78. The molecule has 1 fully saturated rings. The number of nitrogens with zero attached hydrogens (tertiary/aromatic N) is 1. The summed E-state index contributed by atoms with van der Waals surface area (Å²) in [4.78, 5) is 18.6. The third kappa shape index (κ3) is 5.11. The first-order valence-corrected chi connectivity index (χ1v) is 11.8. The number of benzene rings is 2. The van der Waals surface area contributed by atoms with Gasteiger partial charge in [-0.25, -0.2) is 0 Å². The maximum atomic E-state index is 13.0. The van der Waals surface area contributed by atoms with Crippen LogP contribution in [0.5, 0.6) is 11.5 Å². The highest BCUT2D eigenvalue weighted by atomic mass is 35.5. The van der Waals surface area contributed by atoms with Crippen LogP contribution in [0.1, 0.15) is 23.5 Å². The quantitative estimate of drug-likeness (QED) is 0.553. The fourth-order valence-corrected chi connectivity index (χ4v) is 4.69. The highest BCUT2D eigenvalue weighted by Gasteiger charge is 2.24. The number of ether oxygens (including phenoxy) is 3. The van der Waals surface area contributed by atoms with Crippen LogP contribution in [0, 0.1) is 0 Å². The van der Waals surface area contributed by atoms with Crippen molar-refractivity contribution in [1.82, 2.24) is 15.2 Å². The zero-order chi connectivity index (χ0) is 22.6. The van der Waals surface area contributed by atoms with Gasteiger partial charge in [-0.2, -0.15) is 0 Å². The molecule has 1 saturated heterocycles. The van der Waals surface area contributed by atoms with Gasteiger partial charge in [0.05, 0.1) is 13.2 Å². The van der Waals surface area contributed by atoms with E-state index in [4.69, 9.17) is 25.8 Å². The minimum absolute atomic E-state index is 0.0135. The number of aromatic nitrogens is 1. The first-order chi connectivity index (χ1) is 16.2. The molecule has 2 aromatic carbocycles. The Morgan fingerprint density at radius 3 is 2.73 bits per heavy atom.